The molecule has 1 aromatic rings. The van der Waals surface area contributed by atoms with Crippen LogP contribution in [0.3, 0.4) is 0 Å². The van der Waals surface area contributed by atoms with Crippen molar-refractivity contribution in [3.05, 3.63) is 27.7 Å². The molecule has 0 bridgehead atoms. The zero-order valence-corrected chi connectivity index (χ0v) is 8.39. The van der Waals surface area contributed by atoms with Crippen LogP contribution in [0.2, 0.25) is 10.0 Å². The number of benzene rings is 1. The first kappa shape index (κ1) is 10.2. The van der Waals surface area contributed by atoms with Gasteiger partial charge in [-0.15, -0.1) is 0 Å². The smallest absolute Gasteiger partial charge is 0.143 e. The maximum atomic E-state index is 9.50. The second-order valence-corrected chi connectivity index (χ2v) is 3.34. The Balaban J connectivity index is 3.37. The summed E-state index contributed by atoms with van der Waals surface area (Å²) in [4.78, 5) is 0. The van der Waals surface area contributed by atoms with Crippen molar-refractivity contribution in [1.29, 1.82) is 0 Å². The van der Waals surface area contributed by atoms with E-state index in [9.17, 15) is 5.11 Å². The number of nitrogens with zero attached hydrogens (tertiary/aromatic N) is 1. The summed E-state index contributed by atoms with van der Waals surface area (Å²) >= 11 is 11.4. The van der Waals surface area contributed by atoms with E-state index in [0.29, 0.717) is 16.3 Å². The minimum atomic E-state index is -0.0576. The molecule has 0 aliphatic carbocycles. The summed E-state index contributed by atoms with van der Waals surface area (Å²) in [5.41, 5.74) is 0.918. The predicted octanol–water partition coefficient (Wildman–Crippen LogP) is 2.38. The van der Waals surface area contributed by atoms with Crippen LogP contribution < -0.4 is 5.84 Å². The number of hydrogen-bond acceptors (Lipinski definition) is 3. The van der Waals surface area contributed by atoms with Gasteiger partial charge in [0.1, 0.15) is 5.75 Å². The van der Waals surface area contributed by atoms with Gasteiger partial charge in [-0.2, -0.15) is 5.10 Å². The van der Waals surface area contributed by atoms with E-state index < -0.39 is 0 Å². The van der Waals surface area contributed by atoms with Gasteiger partial charge in [0, 0.05) is 10.6 Å². The zero-order chi connectivity index (χ0) is 10.0. The van der Waals surface area contributed by atoms with E-state index >= 15 is 0 Å². The number of phenols is 1. The third-order valence-corrected chi connectivity index (χ3v) is 2.12. The number of hydrogen-bond donors (Lipinski definition) is 2. The fourth-order valence-corrected chi connectivity index (χ4v) is 1.40. The third kappa shape index (κ3) is 2.05. The standard InChI is InChI=1S/C8H8Cl2N2O/c1-4(12-11)6-2-5(9)3-7(10)8(6)13/h2-3,13H,11H2,1H3/b12-4-. The van der Waals surface area contributed by atoms with Crippen LogP contribution in [0.15, 0.2) is 17.2 Å². The Bertz CT molecular complexity index is 363. The fraction of sp³-hybridized carbons (Fsp3) is 0.125. The first-order valence-corrected chi connectivity index (χ1v) is 4.24. The Morgan fingerprint density at radius 1 is 1.46 bits per heavy atom. The van der Waals surface area contributed by atoms with Gasteiger partial charge < -0.3 is 10.9 Å². The summed E-state index contributed by atoms with van der Waals surface area (Å²) < 4.78 is 0. The topological polar surface area (TPSA) is 58.6 Å². The Morgan fingerprint density at radius 2 is 2.08 bits per heavy atom. The molecule has 3 N–H and O–H groups in total. The summed E-state index contributed by atoms with van der Waals surface area (Å²) in [7, 11) is 0. The Kier molecular flexibility index (Phi) is 3.01. The van der Waals surface area contributed by atoms with Crippen LogP contribution >= 0.6 is 23.2 Å². The lowest BCUT2D eigenvalue weighted by molar-refractivity contribution is 0.474. The van der Waals surface area contributed by atoms with E-state index in [1.807, 2.05) is 0 Å². The predicted molar refractivity (Wildman–Crippen MR) is 54.5 cm³/mol. The minimum absolute atomic E-state index is 0.0576. The Hall–Kier alpha value is -0.930. The van der Waals surface area contributed by atoms with Crippen LogP contribution in [0.5, 0.6) is 5.75 Å². The fourth-order valence-electron chi connectivity index (χ4n) is 0.911. The van der Waals surface area contributed by atoms with Crippen LogP contribution in [-0.2, 0) is 0 Å². The van der Waals surface area contributed by atoms with Crippen molar-refractivity contribution in [2.75, 3.05) is 0 Å². The van der Waals surface area contributed by atoms with Crippen molar-refractivity contribution in [2.24, 2.45) is 10.9 Å². The van der Waals surface area contributed by atoms with E-state index in [2.05, 4.69) is 5.10 Å². The van der Waals surface area contributed by atoms with E-state index in [4.69, 9.17) is 29.0 Å². The largest absolute Gasteiger partial charge is 0.506 e. The number of aromatic hydroxyl groups is 1. The summed E-state index contributed by atoms with van der Waals surface area (Å²) in [6.07, 6.45) is 0. The van der Waals surface area contributed by atoms with Gasteiger partial charge >= 0.3 is 0 Å². The second kappa shape index (κ2) is 3.85. The molecule has 0 atom stereocenters. The molecule has 0 unspecified atom stereocenters. The van der Waals surface area contributed by atoms with Gasteiger partial charge in [0.2, 0.25) is 0 Å². The van der Waals surface area contributed by atoms with Gasteiger partial charge in [0.15, 0.2) is 0 Å². The monoisotopic (exact) mass is 218 g/mol. The second-order valence-electron chi connectivity index (χ2n) is 2.50. The van der Waals surface area contributed by atoms with Crippen molar-refractivity contribution in [3.63, 3.8) is 0 Å². The average molecular weight is 219 g/mol. The van der Waals surface area contributed by atoms with Crippen LogP contribution in [0.4, 0.5) is 0 Å². The summed E-state index contributed by atoms with van der Waals surface area (Å²) in [6.45, 7) is 1.65. The highest BCUT2D eigenvalue weighted by Gasteiger charge is 2.09. The van der Waals surface area contributed by atoms with Gasteiger partial charge in [0.05, 0.1) is 10.7 Å². The first-order valence-electron chi connectivity index (χ1n) is 3.49. The molecule has 0 spiro atoms. The maximum Gasteiger partial charge on any atom is 0.143 e. The van der Waals surface area contributed by atoms with Gasteiger partial charge in [-0.05, 0) is 19.1 Å². The van der Waals surface area contributed by atoms with Crippen LogP contribution in [0.25, 0.3) is 0 Å². The maximum absolute atomic E-state index is 9.50. The molecule has 0 aliphatic rings. The molecular weight excluding hydrogens is 211 g/mol. The molecule has 70 valence electrons. The molecule has 13 heavy (non-hydrogen) atoms. The molecule has 3 nitrogen and oxygen atoms in total. The molecule has 0 fully saturated rings. The number of rotatable bonds is 1. The van der Waals surface area contributed by atoms with Gasteiger partial charge in [0.25, 0.3) is 0 Å². The van der Waals surface area contributed by atoms with E-state index in [1.165, 1.54) is 6.07 Å². The average Bonchev–Trinajstić information content (AvgIpc) is 2.10. The quantitative estimate of drug-likeness (QED) is 0.432. The molecule has 5 heteroatoms. The number of hydrazone groups is 1. The van der Waals surface area contributed by atoms with Crippen LogP contribution in [-0.4, -0.2) is 10.8 Å². The SMILES string of the molecule is C/C(=N/N)c1cc(Cl)cc(Cl)c1O. The Labute approximate surface area is 85.8 Å². The molecular formula is C8H8Cl2N2O. The minimum Gasteiger partial charge on any atom is -0.506 e. The van der Waals surface area contributed by atoms with Crippen LogP contribution in [0, 0.1) is 0 Å². The van der Waals surface area contributed by atoms with Crippen molar-refractivity contribution >= 4 is 28.9 Å². The Morgan fingerprint density at radius 3 is 2.62 bits per heavy atom. The number of halogens is 2. The van der Waals surface area contributed by atoms with Gasteiger partial charge in [-0.1, -0.05) is 23.2 Å². The normalized spacial score (nSPS) is 11.8. The van der Waals surface area contributed by atoms with Gasteiger partial charge in [-0.3, -0.25) is 0 Å². The van der Waals surface area contributed by atoms with Crippen molar-refractivity contribution in [1.82, 2.24) is 0 Å². The lowest BCUT2D eigenvalue weighted by atomic mass is 10.1. The van der Waals surface area contributed by atoms with Crippen molar-refractivity contribution in [2.45, 2.75) is 6.92 Å². The van der Waals surface area contributed by atoms with Crippen molar-refractivity contribution < 1.29 is 5.11 Å². The third-order valence-electron chi connectivity index (χ3n) is 1.61. The molecule has 0 aromatic heterocycles. The van der Waals surface area contributed by atoms with E-state index in [0.717, 1.165) is 0 Å². The zero-order valence-electron chi connectivity index (χ0n) is 6.88. The number of phenolic OH excluding ortho intramolecular Hbond substituents is 1. The lowest BCUT2D eigenvalue weighted by Gasteiger charge is -2.05. The summed E-state index contributed by atoms with van der Waals surface area (Å²) in [6, 6.07) is 3.00. The first-order chi connectivity index (χ1) is 6.06. The highest BCUT2D eigenvalue weighted by atomic mass is 35.5. The molecule has 0 saturated carbocycles. The highest BCUT2D eigenvalue weighted by molar-refractivity contribution is 6.36. The number of nitrogens with two attached hydrogens (primary N) is 1. The van der Waals surface area contributed by atoms with Crippen molar-refractivity contribution in [3.8, 4) is 5.75 Å². The highest BCUT2D eigenvalue weighted by Crippen LogP contribution is 2.31. The molecule has 0 amide bonds. The molecule has 0 heterocycles. The summed E-state index contributed by atoms with van der Waals surface area (Å²) in [5.74, 6) is 5.01. The van der Waals surface area contributed by atoms with Gasteiger partial charge in [-0.25, -0.2) is 0 Å². The molecule has 0 radical (unpaired) electrons. The molecule has 0 aliphatic heterocycles. The molecule has 1 rings (SSSR count). The van der Waals surface area contributed by atoms with E-state index in [1.54, 1.807) is 13.0 Å². The molecule has 1 aromatic carbocycles. The summed E-state index contributed by atoms with van der Waals surface area (Å²) in [5, 5.41) is 13.6. The molecule has 0 saturated heterocycles. The van der Waals surface area contributed by atoms with Crippen LogP contribution in [0.1, 0.15) is 12.5 Å². The lowest BCUT2D eigenvalue weighted by Crippen LogP contribution is -1.99. The van der Waals surface area contributed by atoms with E-state index in [-0.39, 0.29) is 10.8 Å².